The van der Waals surface area contributed by atoms with E-state index in [2.05, 4.69) is 5.32 Å². The van der Waals surface area contributed by atoms with Gasteiger partial charge in [0.25, 0.3) is 0 Å². The number of esters is 3. The van der Waals surface area contributed by atoms with E-state index in [1.165, 1.54) is 17.9 Å². The summed E-state index contributed by atoms with van der Waals surface area (Å²) in [6.07, 6.45) is 0.766. The SMILES string of the molecule is CC(=O)c1cc2c(OC(=O)CCCN(CCC(=O)OC(C)(C)C)C(=O)OC(C)(C)C)c3ccccc3c(OC(=O)NCCCCCC(=O)OC(C)(C)C)c2o1. The van der Waals surface area contributed by atoms with E-state index in [1.807, 2.05) is 20.8 Å². The van der Waals surface area contributed by atoms with Gasteiger partial charge in [-0.05, 0) is 87.6 Å². The molecule has 0 saturated heterocycles. The third-order valence-electron chi connectivity index (χ3n) is 7.57. The van der Waals surface area contributed by atoms with Crippen molar-refractivity contribution in [1.29, 1.82) is 0 Å². The summed E-state index contributed by atoms with van der Waals surface area (Å²) in [7, 11) is 0. The molecule has 0 aliphatic carbocycles. The Kier molecular flexibility index (Phi) is 15.2. The van der Waals surface area contributed by atoms with Crippen molar-refractivity contribution in [2.75, 3.05) is 19.6 Å². The lowest BCUT2D eigenvalue weighted by molar-refractivity contribution is -0.156. The number of ketones is 1. The van der Waals surface area contributed by atoms with Gasteiger partial charge in [-0.1, -0.05) is 30.7 Å². The molecule has 0 aliphatic rings. The lowest BCUT2D eigenvalue weighted by Crippen LogP contribution is -2.39. The Morgan fingerprint density at radius 3 is 1.78 bits per heavy atom. The van der Waals surface area contributed by atoms with Gasteiger partial charge in [-0.25, -0.2) is 9.59 Å². The Morgan fingerprint density at radius 1 is 0.636 bits per heavy atom. The van der Waals surface area contributed by atoms with Gasteiger partial charge in [-0.2, -0.15) is 0 Å². The molecule has 0 aliphatic heterocycles. The Balaban J connectivity index is 1.74. The minimum absolute atomic E-state index is 0.0239. The van der Waals surface area contributed by atoms with E-state index in [9.17, 15) is 28.8 Å². The standard InChI is InChI=1S/C41H56N2O12/c1-26(44)30-25-29-34(51-31(45)20-16-23-43(38(49)55-41(8,9)10)24-21-33(47)54-40(5,6)7)27-17-13-14-18-28(27)35(36(29)50-30)52-37(48)42-22-15-11-12-19-32(46)53-39(2,3)4/h13-14,17-18,25H,11-12,15-16,19-24H2,1-10H3,(H,42,48). The van der Waals surface area contributed by atoms with Crippen LogP contribution in [-0.2, 0) is 28.6 Å². The summed E-state index contributed by atoms with van der Waals surface area (Å²) < 4.78 is 33.8. The zero-order chi connectivity index (χ0) is 41.1. The van der Waals surface area contributed by atoms with E-state index in [1.54, 1.807) is 65.8 Å². The maximum Gasteiger partial charge on any atom is 0.412 e. The maximum absolute atomic E-state index is 13.3. The van der Waals surface area contributed by atoms with E-state index in [0.717, 1.165) is 0 Å². The van der Waals surface area contributed by atoms with Gasteiger partial charge in [0.1, 0.15) is 22.6 Å². The van der Waals surface area contributed by atoms with E-state index in [0.29, 0.717) is 30.0 Å². The van der Waals surface area contributed by atoms with Gasteiger partial charge in [0.15, 0.2) is 22.9 Å². The number of hydrogen-bond acceptors (Lipinski definition) is 12. The number of unbranched alkanes of at least 4 members (excludes halogenated alkanes) is 2. The second-order valence-corrected chi connectivity index (χ2v) is 16.2. The first-order chi connectivity index (χ1) is 25.5. The predicted octanol–water partition coefficient (Wildman–Crippen LogP) is 8.43. The van der Waals surface area contributed by atoms with Crippen LogP contribution in [0.15, 0.2) is 34.7 Å². The van der Waals surface area contributed by atoms with Crippen molar-refractivity contribution >= 4 is 57.6 Å². The molecule has 2 amide bonds. The Hall–Kier alpha value is -5.14. The van der Waals surface area contributed by atoms with Gasteiger partial charge in [0.2, 0.25) is 0 Å². The van der Waals surface area contributed by atoms with Crippen molar-refractivity contribution in [3.63, 3.8) is 0 Å². The fraction of sp³-hybridized carbons (Fsp3) is 0.561. The zero-order valence-corrected chi connectivity index (χ0v) is 33.8. The van der Waals surface area contributed by atoms with Gasteiger partial charge < -0.3 is 38.3 Å². The molecule has 0 fully saturated rings. The maximum atomic E-state index is 13.3. The fourth-order valence-corrected chi connectivity index (χ4v) is 5.36. The Bertz CT molecular complexity index is 1860. The average molecular weight is 769 g/mol. The smallest absolute Gasteiger partial charge is 0.412 e. The van der Waals surface area contributed by atoms with Crippen LogP contribution in [0.25, 0.3) is 21.7 Å². The molecular weight excluding hydrogens is 712 g/mol. The zero-order valence-electron chi connectivity index (χ0n) is 33.8. The van der Waals surface area contributed by atoms with Crippen LogP contribution in [-0.4, -0.2) is 77.2 Å². The van der Waals surface area contributed by atoms with Crippen molar-refractivity contribution in [3.05, 3.63) is 36.1 Å². The van der Waals surface area contributed by atoms with Gasteiger partial charge in [0.05, 0.1) is 11.8 Å². The highest BCUT2D eigenvalue weighted by molar-refractivity contribution is 6.12. The van der Waals surface area contributed by atoms with Gasteiger partial charge in [-0.3, -0.25) is 19.2 Å². The number of carbonyl (C=O) groups excluding carboxylic acids is 6. The van der Waals surface area contributed by atoms with Crippen LogP contribution < -0.4 is 14.8 Å². The lowest BCUT2D eigenvalue weighted by Gasteiger charge is -2.27. The number of ether oxygens (including phenoxy) is 5. The van der Waals surface area contributed by atoms with Gasteiger partial charge in [0, 0.05) is 50.2 Å². The highest BCUT2D eigenvalue weighted by atomic mass is 16.6. The number of Topliss-reactive ketones (excluding diaryl/α,β-unsaturated/α-hetero) is 1. The van der Waals surface area contributed by atoms with Crippen LogP contribution >= 0.6 is 0 Å². The molecular formula is C41H56N2O12. The summed E-state index contributed by atoms with van der Waals surface area (Å²) in [4.78, 5) is 77.4. The summed E-state index contributed by atoms with van der Waals surface area (Å²) in [6, 6.07) is 8.23. The molecule has 1 N–H and O–H groups in total. The van der Waals surface area contributed by atoms with E-state index >= 15 is 0 Å². The van der Waals surface area contributed by atoms with Crippen molar-refractivity contribution in [1.82, 2.24) is 10.2 Å². The first-order valence-electron chi connectivity index (χ1n) is 18.6. The minimum Gasteiger partial charge on any atom is -0.460 e. The van der Waals surface area contributed by atoms with Crippen molar-refractivity contribution < 1.29 is 56.9 Å². The summed E-state index contributed by atoms with van der Waals surface area (Å²) in [5, 5.41) is 3.78. The van der Waals surface area contributed by atoms with Crippen LogP contribution in [0.1, 0.15) is 125 Å². The van der Waals surface area contributed by atoms with Gasteiger partial charge >= 0.3 is 30.1 Å². The second kappa shape index (κ2) is 18.9. The molecule has 14 heteroatoms. The van der Waals surface area contributed by atoms with Crippen LogP contribution in [0.4, 0.5) is 9.59 Å². The third-order valence-corrected chi connectivity index (χ3v) is 7.57. The number of carbonyl (C=O) groups is 6. The molecule has 2 aromatic carbocycles. The Labute approximate surface area is 322 Å². The van der Waals surface area contributed by atoms with Crippen molar-refractivity contribution in [2.24, 2.45) is 0 Å². The molecule has 0 atom stereocenters. The van der Waals surface area contributed by atoms with E-state index in [4.69, 9.17) is 28.1 Å². The number of benzene rings is 2. The molecule has 1 aromatic heterocycles. The highest BCUT2D eigenvalue weighted by Gasteiger charge is 2.27. The second-order valence-electron chi connectivity index (χ2n) is 16.2. The first-order valence-corrected chi connectivity index (χ1v) is 18.6. The molecule has 0 radical (unpaired) electrons. The molecule has 0 saturated carbocycles. The summed E-state index contributed by atoms with van der Waals surface area (Å²) in [5.41, 5.74) is -1.97. The molecule has 14 nitrogen and oxygen atoms in total. The minimum atomic E-state index is -0.781. The molecule has 55 heavy (non-hydrogen) atoms. The Morgan fingerprint density at radius 2 is 1.20 bits per heavy atom. The number of furan rings is 1. The third kappa shape index (κ3) is 14.9. The first kappa shape index (κ1) is 44.3. The average Bonchev–Trinajstić information content (AvgIpc) is 3.49. The van der Waals surface area contributed by atoms with Gasteiger partial charge in [-0.15, -0.1) is 0 Å². The monoisotopic (exact) mass is 768 g/mol. The summed E-state index contributed by atoms with van der Waals surface area (Å²) >= 11 is 0. The van der Waals surface area contributed by atoms with E-state index in [-0.39, 0.29) is 79.5 Å². The molecule has 0 spiro atoms. The molecule has 0 unspecified atom stereocenters. The number of fused-ring (bicyclic) bond motifs is 2. The number of rotatable bonds is 16. The van der Waals surface area contributed by atoms with Crippen LogP contribution in [0.2, 0.25) is 0 Å². The molecule has 302 valence electrons. The molecule has 0 bridgehead atoms. The van der Waals surface area contributed by atoms with Crippen molar-refractivity contribution in [3.8, 4) is 11.5 Å². The van der Waals surface area contributed by atoms with Crippen molar-refractivity contribution in [2.45, 2.75) is 131 Å². The summed E-state index contributed by atoms with van der Waals surface area (Å²) in [6.45, 7) is 17.6. The topological polar surface area (TPSA) is 177 Å². The van der Waals surface area contributed by atoms with Crippen LogP contribution in [0, 0.1) is 0 Å². The largest absolute Gasteiger partial charge is 0.460 e. The van der Waals surface area contributed by atoms with Crippen LogP contribution in [0.5, 0.6) is 11.5 Å². The molecule has 1 heterocycles. The lowest BCUT2D eigenvalue weighted by atomic mass is 10.0. The number of nitrogens with one attached hydrogen (secondary N) is 1. The highest BCUT2D eigenvalue weighted by Crippen LogP contribution is 2.44. The molecule has 3 rings (SSSR count). The predicted molar refractivity (Wildman–Crippen MR) is 205 cm³/mol. The quantitative estimate of drug-likeness (QED) is 0.0484. The summed E-state index contributed by atoms with van der Waals surface area (Å²) in [5.74, 6) is -1.66. The molecule has 3 aromatic rings. The van der Waals surface area contributed by atoms with E-state index < -0.39 is 46.7 Å². The normalized spacial score (nSPS) is 11.9. The fourth-order valence-electron chi connectivity index (χ4n) is 5.36. The van der Waals surface area contributed by atoms with Crippen LogP contribution in [0.3, 0.4) is 0 Å². The number of nitrogens with zero attached hydrogens (tertiary/aromatic N) is 1. The number of hydrogen-bond donors (Lipinski definition) is 1. The number of amides is 2.